The summed E-state index contributed by atoms with van der Waals surface area (Å²) in [6, 6.07) is 18.5. The van der Waals surface area contributed by atoms with Crippen molar-refractivity contribution in [1.82, 2.24) is 0 Å². The number of phenols is 1. The topological polar surface area (TPSA) is 178 Å². The van der Waals surface area contributed by atoms with Crippen LogP contribution in [0.2, 0.25) is 0 Å². The van der Waals surface area contributed by atoms with E-state index in [1.165, 1.54) is 114 Å². The lowest BCUT2D eigenvalue weighted by Gasteiger charge is -2.23. The highest BCUT2D eigenvalue weighted by Gasteiger charge is 2.21. The molecule has 57 heavy (non-hydrogen) atoms. The second-order valence-electron chi connectivity index (χ2n) is 14.8. The Morgan fingerprint density at radius 1 is 0.702 bits per heavy atom. The Bertz CT molecular complexity index is 2180. The van der Waals surface area contributed by atoms with Crippen molar-refractivity contribution in [2.24, 2.45) is 10.2 Å². The molecule has 0 bridgehead atoms. The van der Waals surface area contributed by atoms with Crippen molar-refractivity contribution in [2.45, 2.75) is 115 Å². The fourth-order valence-electron chi connectivity index (χ4n) is 6.87. The van der Waals surface area contributed by atoms with Crippen LogP contribution < -0.4 is 14.9 Å². The van der Waals surface area contributed by atoms with Crippen LogP contribution >= 0.6 is 0 Å². The van der Waals surface area contributed by atoms with Gasteiger partial charge in [-0.15, -0.1) is 5.11 Å². The predicted molar refractivity (Wildman–Crippen MR) is 232 cm³/mol. The van der Waals surface area contributed by atoms with Crippen molar-refractivity contribution in [1.29, 1.82) is 0 Å². The van der Waals surface area contributed by atoms with Gasteiger partial charge >= 0.3 is 0 Å². The Hall–Kier alpha value is -4.53. The molecule has 0 spiro atoms. The molecule has 1 amide bonds. The number of aromatic hydroxyl groups is 1. The van der Waals surface area contributed by atoms with Crippen LogP contribution in [0.5, 0.6) is 5.75 Å². The molecule has 4 aromatic carbocycles. The zero-order valence-electron chi connectivity index (χ0n) is 33.5. The van der Waals surface area contributed by atoms with Crippen LogP contribution in [0.25, 0.3) is 10.8 Å². The molecule has 4 N–H and O–H groups in total. The molecule has 0 heterocycles. The largest absolute Gasteiger partial charge is 0.506 e. The summed E-state index contributed by atoms with van der Waals surface area (Å²) in [4.78, 5) is 15.4. The number of anilines is 3. The van der Waals surface area contributed by atoms with Crippen LogP contribution in [0.1, 0.15) is 120 Å². The minimum Gasteiger partial charge on any atom is -0.506 e. The van der Waals surface area contributed by atoms with E-state index in [9.17, 15) is 31.3 Å². The summed E-state index contributed by atoms with van der Waals surface area (Å²) in [7, 11) is -6.25. The number of benzene rings is 4. The molecule has 0 atom stereocenters. The molecule has 0 aliphatic heterocycles. The zero-order chi connectivity index (χ0) is 41.3. The molecule has 0 unspecified atom stereocenters. The maximum atomic E-state index is 13.9. The first-order valence-electron chi connectivity index (χ1n) is 20.1. The highest BCUT2D eigenvalue weighted by molar-refractivity contribution is 7.92. The third kappa shape index (κ3) is 15.1. The number of hydrogen-bond donors (Lipinski definition) is 4. The van der Waals surface area contributed by atoms with E-state index < -0.39 is 26.0 Å². The second-order valence-corrected chi connectivity index (χ2v) is 18.0. The molecule has 0 aromatic heterocycles. The van der Waals surface area contributed by atoms with E-state index in [0.29, 0.717) is 34.4 Å². The zero-order valence-corrected chi connectivity index (χ0v) is 35.2. The van der Waals surface area contributed by atoms with Gasteiger partial charge in [-0.25, -0.2) is 8.42 Å². The Balaban J connectivity index is 1.39. The van der Waals surface area contributed by atoms with Gasteiger partial charge in [0.05, 0.1) is 45.2 Å². The van der Waals surface area contributed by atoms with Gasteiger partial charge in [0, 0.05) is 24.4 Å². The molecule has 0 saturated carbocycles. The fourth-order valence-corrected chi connectivity index (χ4v) is 7.93. The number of sulfonamides is 1. The molecule has 14 heteroatoms. The van der Waals surface area contributed by atoms with Crippen LogP contribution in [-0.2, 0) is 20.1 Å². The first kappa shape index (κ1) is 45.2. The molecule has 310 valence electrons. The predicted octanol–water partition coefficient (Wildman–Crippen LogP) is 11.5. The van der Waals surface area contributed by atoms with Gasteiger partial charge in [-0.2, -0.15) is 13.5 Å². The van der Waals surface area contributed by atoms with Crippen LogP contribution in [0, 0.1) is 0 Å². The quantitative estimate of drug-likeness (QED) is 0.0290. The highest BCUT2D eigenvalue weighted by atomic mass is 32.2. The molecule has 4 rings (SSSR count). The number of rotatable bonds is 25. The number of hydrogen-bond acceptors (Lipinski definition) is 9. The standard InChI is InChI=1S/C43H59N5O7S2/c1-4-5-6-7-8-9-10-11-12-13-14-15-16-17-18-21-29-48(2)41-28-27-35(57(53,54)55)31-40(41)44-43(50)38-32-39(36-25-19-20-26-37(36)42(38)49)46-45-33-23-22-24-34(30-33)47-56(3,51)52/h19-20,22-28,30-32,47,49H,4-18,21,29H2,1-3H3,(H,44,50)(H,53,54,55). The summed E-state index contributed by atoms with van der Waals surface area (Å²) < 4.78 is 59.9. The molecule has 0 saturated heterocycles. The summed E-state index contributed by atoms with van der Waals surface area (Å²) in [6.45, 7) is 2.91. The van der Waals surface area contributed by atoms with Gasteiger partial charge in [0.1, 0.15) is 5.75 Å². The van der Waals surface area contributed by atoms with E-state index in [1.807, 2.05) is 11.9 Å². The van der Waals surface area contributed by atoms with Gasteiger partial charge in [0.15, 0.2) is 0 Å². The molecular weight excluding hydrogens is 763 g/mol. The van der Waals surface area contributed by atoms with E-state index in [1.54, 1.807) is 42.5 Å². The van der Waals surface area contributed by atoms with Gasteiger partial charge in [-0.05, 0) is 48.9 Å². The highest BCUT2D eigenvalue weighted by Crippen LogP contribution is 2.38. The van der Waals surface area contributed by atoms with Gasteiger partial charge in [0.2, 0.25) is 10.0 Å². The van der Waals surface area contributed by atoms with Gasteiger partial charge in [0.25, 0.3) is 16.0 Å². The molecule has 4 aromatic rings. The summed E-state index contributed by atoms with van der Waals surface area (Å²) in [6.07, 6.45) is 21.3. The Labute approximate surface area is 339 Å². The van der Waals surface area contributed by atoms with Crippen molar-refractivity contribution in [3.05, 3.63) is 78.4 Å². The molecule has 0 radical (unpaired) electrons. The lowest BCUT2D eigenvalue weighted by molar-refractivity contribution is 0.102. The number of nitrogens with one attached hydrogen (secondary N) is 2. The molecular formula is C43H59N5O7S2. The third-order valence-corrected chi connectivity index (χ3v) is 11.4. The average Bonchev–Trinajstić information content (AvgIpc) is 3.16. The molecule has 12 nitrogen and oxygen atoms in total. The van der Waals surface area contributed by atoms with Gasteiger partial charge in [-0.3, -0.25) is 14.1 Å². The fraction of sp³-hybridized carbons (Fsp3) is 0.465. The average molecular weight is 822 g/mol. The number of phenolic OH excluding ortho intramolecular Hbond substituents is 1. The first-order valence-corrected chi connectivity index (χ1v) is 23.5. The van der Waals surface area contributed by atoms with Crippen molar-refractivity contribution in [3.8, 4) is 5.75 Å². The maximum absolute atomic E-state index is 13.9. The van der Waals surface area contributed by atoms with E-state index in [2.05, 4.69) is 27.2 Å². The number of nitrogens with zero attached hydrogens (tertiary/aromatic N) is 3. The number of unbranched alkanes of at least 4 members (excludes halogenated alkanes) is 15. The van der Waals surface area contributed by atoms with Crippen molar-refractivity contribution in [2.75, 3.05) is 34.8 Å². The van der Waals surface area contributed by atoms with E-state index in [-0.39, 0.29) is 27.6 Å². The van der Waals surface area contributed by atoms with Crippen LogP contribution in [0.4, 0.5) is 28.4 Å². The monoisotopic (exact) mass is 821 g/mol. The number of amides is 1. The first-order chi connectivity index (χ1) is 27.3. The molecule has 0 aliphatic carbocycles. The molecule has 0 fully saturated rings. The minimum atomic E-state index is -4.59. The number of carbonyl (C=O) groups is 1. The Morgan fingerprint density at radius 3 is 1.86 bits per heavy atom. The van der Waals surface area contributed by atoms with Crippen molar-refractivity contribution in [3.63, 3.8) is 0 Å². The lowest BCUT2D eigenvalue weighted by atomic mass is 10.0. The normalized spacial score (nSPS) is 12.0. The van der Waals surface area contributed by atoms with Crippen LogP contribution in [0.15, 0.2) is 87.9 Å². The summed E-state index contributed by atoms with van der Waals surface area (Å²) in [5.41, 5.74) is 1.43. The smallest absolute Gasteiger partial charge is 0.294 e. The van der Waals surface area contributed by atoms with Crippen molar-refractivity contribution < 1.29 is 31.3 Å². The maximum Gasteiger partial charge on any atom is 0.294 e. The lowest BCUT2D eigenvalue weighted by Crippen LogP contribution is -2.22. The second kappa shape index (κ2) is 22.4. The van der Waals surface area contributed by atoms with Crippen molar-refractivity contribution >= 4 is 65.3 Å². The number of carbonyl (C=O) groups excluding carboxylic acids is 1. The molecule has 0 aliphatic rings. The summed E-state index contributed by atoms with van der Waals surface area (Å²) in [5, 5.41) is 23.5. The van der Waals surface area contributed by atoms with Gasteiger partial charge in [-0.1, -0.05) is 134 Å². The number of azo groups is 1. The van der Waals surface area contributed by atoms with Crippen LogP contribution in [0.3, 0.4) is 0 Å². The number of fused-ring (bicyclic) bond motifs is 1. The van der Waals surface area contributed by atoms with Gasteiger partial charge < -0.3 is 15.3 Å². The van der Waals surface area contributed by atoms with E-state index >= 15 is 0 Å². The Morgan fingerprint density at radius 2 is 1.28 bits per heavy atom. The third-order valence-electron chi connectivity index (χ3n) is 9.93. The summed E-state index contributed by atoms with van der Waals surface area (Å²) in [5.74, 6) is -1.05. The minimum absolute atomic E-state index is 0.139. The summed E-state index contributed by atoms with van der Waals surface area (Å²) >= 11 is 0. The SMILES string of the molecule is CCCCCCCCCCCCCCCCCCN(C)c1ccc(S(=O)(=O)O)cc1NC(=O)c1cc(N=Nc2cccc(NS(C)(=O)=O)c2)c2ccccc2c1O. The van der Waals surface area contributed by atoms with Crippen LogP contribution in [-0.4, -0.2) is 52.3 Å². The van der Waals surface area contributed by atoms with E-state index in [4.69, 9.17) is 0 Å². The Kier molecular flexibility index (Phi) is 17.8. The van der Waals surface area contributed by atoms with E-state index in [0.717, 1.165) is 25.5 Å².